The topological polar surface area (TPSA) is 58.6 Å². The van der Waals surface area contributed by atoms with E-state index in [0.29, 0.717) is 23.8 Å². The average molecular weight is 251 g/mol. The average Bonchev–Trinajstić information content (AvgIpc) is 2.36. The first kappa shape index (κ1) is 14.5. The van der Waals surface area contributed by atoms with E-state index in [1.807, 2.05) is 6.07 Å². The van der Waals surface area contributed by atoms with Crippen LogP contribution in [0.3, 0.4) is 0 Å². The van der Waals surface area contributed by atoms with E-state index in [1.54, 1.807) is 25.1 Å². The molecule has 0 radical (unpaired) electrons. The zero-order chi connectivity index (χ0) is 13.5. The van der Waals surface area contributed by atoms with Gasteiger partial charge in [0.25, 0.3) is 5.91 Å². The van der Waals surface area contributed by atoms with Gasteiger partial charge in [-0.2, -0.15) is 0 Å². The maximum absolute atomic E-state index is 11.8. The minimum Gasteiger partial charge on any atom is -0.493 e. The van der Waals surface area contributed by atoms with Crippen LogP contribution in [0, 0.1) is 5.92 Å². The van der Waals surface area contributed by atoms with Gasteiger partial charge in [0.2, 0.25) is 0 Å². The smallest absolute Gasteiger partial charge is 0.251 e. The molecule has 4 heteroatoms. The quantitative estimate of drug-likeness (QED) is 0.811. The van der Waals surface area contributed by atoms with E-state index in [4.69, 9.17) is 9.84 Å². The van der Waals surface area contributed by atoms with Crippen molar-refractivity contribution >= 4 is 5.91 Å². The second kappa shape index (κ2) is 7.01. The van der Waals surface area contributed by atoms with Gasteiger partial charge in [-0.05, 0) is 31.0 Å². The van der Waals surface area contributed by atoms with Crippen molar-refractivity contribution in [1.29, 1.82) is 0 Å². The molecule has 0 spiro atoms. The third kappa shape index (κ3) is 4.75. The number of aliphatic hydroxyl groups is 1. The second-order valence-corrected chi connectivity index (χ2v) is 4.79. The van der Waals surface area contributed by atoms with Crippen LogP contribution in [-0.2, 0) is 0 Å². The van der Waals surface area contributed by atoms with Gasteiger partial charge in [0.05, 0.1) is 13.2 Å². The molecular weight excluding hydrogens is 230 g/mol. The van der Waals surface area contributed by atoms with Crippen molar-refractivity contribution in [3.8, 4) is 5.75 Å². The molecule has 0 aromatic heterocycles. The van der Waals surface area contributed by atoms with Gasteiger partial charge in [0.15, 0.2) is 0 Å². The molecule has 1 aromatic rings. The van der Waals surface area contributed by atoms with Gasteiger partial charge in [-0.15, -0.1) is 0 Å². The minimum absolute atomic E-state index is 0.0741. The highest BCUT2D eigenvalue weighted by atomic mass is 16.5. The predicted octanol–water partition coefficient (Wildman–Crippen LogP) is 1.83. The van der Waals surface area contributed by atoms with Crippen molar-refractivity contribution in [3.05, 3.63) is 29.8 Å². The number of ether oxygens (including phenoxy) is 1. The molecule has 4 nitrogen and oxygen atoms in total. The Morgan fingerprint density at radius 3 is 2.72 bits per heavy atom. The number of carbonyl (C=O) groups excluding carboxylic acids is 1. The first-order valence-corrected chi connectivity index (χ1v) is 6.17. The summed E-state index contributed by atoms with van der Waals surface area (Å²) in [5.41, 5.74) is 0.538. The number of carbonyl (C=O) groups is 1. The lowest BCUT2D eigenvalue weighted by Gasteiger charge is -2.12. The van der Waals surface area contributed by atoms with Crippen LogP contribution in [0.15, 0.2) is 24.3 Å². The Balaban J connectivity index is 2.66. The Kier molecular flexibility index (Phi) is 5.65. The fraction of sp³-hybridized carbons (Fsp3) is 0.500. The molecule has 2 N–H and O–H groups in total. The Bertz CT molecular complexity index is 390. The summed E-state index contributed by atoms with van der Waals surface area (Å²) in [6.45, 7) is 6.43. The monoisotopic (exact) mass is 251 g/mol. The Morgan fingerprint density at radius 2 is 2.11 bits per heavy atom. The second-order valence-electron chi connectivity index (χ2n) is 4.79. The van der Waals surface area contributed by atoms with Gasteiger partial charge in [-0.25, -0.2) is 0 Å². The number of hydrogen-bond donors (Lipinski definition) is 2. The lowest BCUT2D eigenvalue weighted by atomic mass is 10.2. The predicted molar refractivity (Wildman–Crippen MR) is 70.8 cm³/mol. The molecule has 1 aromatic carbocycles. The maximum atomic E-state index is 11.8. The zero-order valence-corrected chi connectivity index (χ0v) is 11.1. The molecule has 1 atom stereocenters. The number of rotatable bonds is 6. The number of nitrogens with one attached hydrogen (secondary N) is 1. The molecule has 0 fully saturated rings. The molecule has 0 bridgehead atoms. The zero-order valence-electron chi connectivity index (χ0n) is 11.1. The summed E-state index contributed by atoms with van der Waals surface area (Å²) in [4.78, 5) is 11.8. The van der Waals surface area contributed by atoms with Crippen LogP contribution in [0.1, 0.15) is 31.1 Å². The van der Waals surface area contributed by atoms with Gasteiger partial charge in [-0.1, -0.05) is 19.9 Å². The molecule has 18 heavy (non-hydrogen) atoms. The third-order valence-electron chi connectivity index (χ3n) is 2.33. The van der Waals surface area contributed by atoms with Gasteiger partial charge in [0.1, 0.15) is 5.75 Å². The minimum atomic E-state index is -0.252. The van der Waals surface area contributed by atoms with Crippen molar-refractivity contribution in [2.75, 3.05) is 13.2 Å². The summed E-state index contributed by atoms with van der Waals surface area (Å²) in [5, 5.41) is 11.6. The van der Waals surface area contributed by atoms with Crippen LogP contribution in [-0.4, -0.2) is 30.3 Å². The number of benzene rings is 1. The summed E-state index contributed by atoms with van der Waals surface area (Å²) in [6.07, 6.45) is 0. The van der Waals surface area contributed by atoms with Gasteiger partial charge < -0.3 is 15.2 Å². The van der Waals surface area contributed by atoms with Crippen LogP contribution in [0.2, 0.25) is 0 Å². The van der Waals surface area contributed by atoms with E-state index >= 15 is 0 Å². The molecule has 0 unspecified atom stereocenters. The fourth-order valence-electron chi connectivity index (χ4n) is 1.34. The Hall–Kier alpha value is -1.55. The molecule has 0 saturated carbocycles. The van der Waals surface area contributed by atoms with Crippen molar-refractivity contribution in [2.24, 2.45) is 5.92 Å². The van der Waals surface area contributed by atoms with Gasteiger partial charge in [-0.3, -0.25) is 4.79 Å². The maximum Gasteiger partial charge on any atom is 0.251 e. The molecule has 0 heterocycles. The van der Waals surface area contributed by atoms with Crippen LogP contribution in [0.25, 0.3) is 0 Å². The molecule has 0 saturated heterocycles. The van der Waals surface area contributed by atoms with Crippen molar-refractivity contribution < 1.29 is 14.6 Å². The summed E-state index contributed by atoms with van der Waals surface area (Å²) in [5.74, 6) is 0.927. The summed E-state index contributed by atoms with van der Waals surface area (Å²) >= 11 is 0. The molecule has 100 valence electrons. The highest BCUT2D eigenvalue weighted by Gasteiger charge is 2.09. The van der Waals surface area contributed by atoms with E-state index in [9.17, 15) is 4.79 Å². The molecule has 0 aliphatic carbocycles. The molecule has 1 amide bonds. The first-order valence-electron chi connectivity index (χ1n) is 6.17. The fourth-order valence-corrected chi connectivity index (χ4v) is 1.34. The highest BCUT2D eigenvalue weighted by molar-refractivity contribution is 5.94. The lowest BCUT2D eigenvalue weighted by molar-refractivity contribution is 0.0922. The highest BCUT2D eigenvalue weighted by Crippen LogP contribution is 2.14. The van der Waals surface area contributed by atoms with Crippen molar-refractivity contribution in [1.82, 2.24) is 5.32 Å². The third-order valence-corrected chi connectivity index (χ3v) is 2.33. The van der Waals surface area contributed by atoms with E-state index in [-0.39, 0.29) is 18.6 Å². The molecule has 1 rings (SSSR count). The summed E-state index contributed by atoms with van der Waals surface area (Å²) in [6, 6.07) is 6.80. The lowest BCUT2D eigenvalue weighted by Crippen LogP contribution is -2.34. The van der Waals surface area contributed by atoms with Gasteiger partial charge >= 0.3 is 0 Å². The van der Waals surface area contributed by atoms with Crippen LogP contribution in [0.4, 0.5) is 0 Å². The van der Waals surface area contributed by atoms with E-state index < -0.39 is 0 Å². The summed E-state index contributed by atoms with van der Waals surface area (Å²) < 4.78 is 5.56. The molecule has 0 aliphatic rings. The Morgan fingerprint density at radius 1 is 1.39 bits per heavy atom. The number of amides is 1. The Labute approximate surface area is 108 Å². The van der Waals surface area contributed by atoms with E-state index in [0.717, 1.165) is 0 Å². The van der Waals surface area contributed by atoms with Crippen LogP contribution < -0.4 is 10.1 Å². The van der Waals surface area contributed by atoms with E-state index in [1.165, 1.54) is 0 Å². The summed E-state index contributed by atoms with van der Waals surface area (Å²) in [7, 11) is 0. The van der Waals surface area contributed by atoms with Crippen LogP contribution >= 0.6 is 0 Å². The van der Waals surface area contributed by atoms with E-state index in [2.05, 4.69) is 19.2 Å². The number of aliphatic hydroxyl groups excluding tert-OH is 1. The van der Waals surface area contributed by atoms with Crippen LogP contribution in [0.5, 0.6) is 5.75 Å². The standard InChI is InChI=1S/C14H21NO3/c1-10(2)9-18-13-6-4-5-12(7-13)14(17)15-11(3)8-16/h4-7,10-11,16H,8-9H2,1-3H3,(H,15,17)/t11-/m1/s1. The van der Waals surface area contributed by atoms with Crippen molar-refractivity contribution in [2.45, 2.75) is 26.8 Å². The van der Waals surface area contributed by atoms with Gasteiger partial charge in [0, 0.05) is 11.6 Å². The first-order chi connectivity index (χ1) is 8.52. The molecular formula is C14H21NO3. The number of hydrogen-bond acceptors (Lipinski definition) is 3. The SMILES string of the molecule is CC(C)COc1cccc(C(=O)N[C@H](C)CO)c1. The normalized spacial score (nSPS) is 12.3. The molecule has 0 aliphatic heterocycles. The largest absolute Gasteiger partial charge is 0.493 e. The van der Waals surface area contributed by atoms with Crippen molar-refractivity contribution in [3.63, 3.8) is 0 Å².